The maximum absolute atomic E-state index is 16.2. The Hall–Kier alpha value is -4.04. The van der Waals surface area contributed by atoms with Crippen molar-refractivity contribution in [2.75, 3.05) is 64.9 Å². The Balaban J connectivity index is 0.000000389. The van der Waals surface area contributed by atoms with E-state index in [1.807, 2.05) is 11.9 Å². The number of nitrogens with one attached hydrogen (secondary N) is 1. The lowest BCUT2D eigenvalue weighted by molar-refractivity contribution is -0.125. The van der Waals surface area contributed by atoms with Gasteiger partial charge in [0.1, 0.15) is 29.0 Å². The molecule has 4 aromatic rings. The lowest BCUT2D eigenvalue weighted by Gasteiger charge is -2.27. The third-order valence-corrected chi connectivity index (χ3v) is 10.6. The molecule has 4 unspecified atom stereocenters. The molecule has 4 saturated heterocycles. The monoisotopic (exact) mass is 723 g/mol. The van der Waals surface area contributed by atoms with Crippen molar-refractivity contribution in [1.29, 1.82) is 0 Å². The van der Waals surface area contributed by atoms with Crippen LogP contribution >= 0.6 is 11.6 Å². The number of anilines is 1. The Morgan fingerprint density at radius 2 is 2.02 bits per heavy atom. The van der Waals surface area contributed by atoms with E-state index in [1.165, 1.54) is 32.2 Å². The number of benzene rings is 2. The number of morpholine rings is 1. The molecular formula is C37H41ClF3N7O3. The van der Waals surface area contributed by atoms with Gasteiger partial charge in [-0.1, -0.05) is 35.9 Å². The van der Waals surface area contributed by atoms with Gasteiger partial charge in [-0.3, -0.25) is 14.7 Å². The lowest BCUT2D eigenvalue weighted by atomic mass is 10.0. The van der Waals surface area contributed by atoms with E-state index in [9.17, 15) is 13.6 Å². The number of ether oxygens (including phenoxy) is 2. The molecule has 0 saturated carbocycles. The molecule has 1 N–H and O–H groups in total. The molecular weight excluding hydrogens is 683 g/mol. The van der Waals surface area contributed by atoms with Crippen LogP contribution in [0.1, 0.15) is 25.7 Å². The summed E-state index contributed by atoms with van der Waals surface area (Å²) in [6.45, 7) is 4.98. The minimum atomic E-state index is -0.705. The fraction of sp³-hybridized carbons (Fsp3) is 0.459. The van der Waals surface area contributed by atoms with Crippen LogP contribution in [-0.4, -0.2) is 115 Å². The third-order valence-electron chi connectivity index (χ3n) is 10.2. The second-order valence-electron chi connectivity index (χ2n) is 13.4. The average Bonchev–Trinajstić information content (AvgIpc) is 3.90. The van der Waals surface area contributed by atoms with Gasteiger partial charge in [-0.2, -0.15) is 9.97 Å². The van der Waals surface area contributed by atoms with Crippen molar-refractivity contribution in [2.24, 2.45) is 0 Å². The second kappa shape index (κ2) is 15.3. The summed E-state index contributed by atoms with van der Waals surface area (Å²) in [6, 6.07) is 8.52. The standard InChI is InChI=1S/C30H29ClF2N6O3.C7H12FN/c1-38(18-10-12-39(16-18)23(40)9-7-19-14-34-11-13-42-19)29-21-15-35-27(26(33)28(21)36-30(37-29)41-2)20-5-3-4-17-6-8-22(32)25(31)24(17)20;8-6-4-7-2-1-3-9(7)5-6/h3-9,15,18-19,34H,10-14,16H2,1-2H3;6-7H,1-5H2/b9-7+;. The molecule has 4 fully saturated rings. The van der Waals surface area contributed by atoms with Crippen LogP contribution in [0.15, 0.2) is 48.7 Å². The predicted octanol–water partition coefficient (Wildman–Crippen LogP) is 5.56. The largest absolute Gasteiger partial charge is 0.467 e. The summed E-state index contributed by atoms with van der Waals surface area (Å²) in [5.74, 6) is -0.978. The van der Waals surface area contributed by atoms with Crippen LogP contribution in [-0.2, 0) is 9.53 Å². The minimum absolute atomic E-state index is 0.00758. The first-order valence-corrected chi connectivity index (χ1v) is 17.8. The zero-order valence-electron chi connectivity index (χ0n) is 28.6. The van der Waals surface area contributed by atoms with E-state index in [0.29, 0.717) is 72.8 Å². The Morgan fingerprint density at radius 1 is 1.16 bits per heavy atom. The number of rotatable bonds is 6. The van der Waals surface area contributed by atoms with Gasteiger partial charge in [0.2, 0.25) is 5.91 Å². The molecule has 8 rings (SSSR count). The van der Waals surface area contributed by atoms with Crippen molar-refractivity contribution >= 4 is 45.0 Å². The van der Waals surface area contributed by atoms with Crippen molar-refractivity contribution in [3.8, 4) is 17.3 Å². The van der Waals surface area contributed by atoms with E-state index < -0.39 is 17.8 Å². The van der Waals surface area contributed by atoms with E-state index in [0.717, 1.165) is 19.5 Å². The fourth-order valence-corrected chi connectivity index (χ4v) is 7.81. The summed E-state index contributed by atoms with van der Waals surface area (Å²) in [4.78, 5) is 32.1. The molecule has 2 aromatic carbocycles. The summed E-state index contributed by atoms with van der Waals surface area (Å²) in [7, 11) is 3.25. The van der Waals surface area contributed by atoms with Gasteiger partial charge < -0.3 is 24.6 Å². The molecule has 4 aliphatic heterocycles. The van der Waals surface area contributed by atoms with Crippen molar-refractivity contribution in [3.05, 3.63) is 65.3 Å². The Labute approximate surface area is 299 Å². The molecule has 51 heavy (non-hydrogen) atoms. The van der Waals surface area contributed by atoms with E-state index in [1.54, 1.807) is 41.3 Å². The molecule has 0 radical (unpaired) electrons. The smallest absolute Gasteiger partial charge is 0.318 e. The Kier molecular flexibility index (Phi) is 10.6. The number of amides is 1. The summed E-state index contributed by atoms with van der Waals surface area (Å²) in [6.07, 6.45) is 8.24. The van der Waals surface area contributed by atoms with Gasteiger partial charge in [0.25, 0.3) is 0 Å². The summed E-state index contributed by atoms with van der Waals surface area (Å²) >= 11 is 6.31. The maximum atomic E-state index is 16.2. The number of alkyl halides is 1. The summed E-state index contributed by atoms with van der Waals surface area (Å²) in [5, 5.41) is 4.52. The molecule has 0 aliphatic carbocycles. The number of carbonyl (C=O) groups excluding carboxylic acids is 1. The van der Waals surface area contributed by atoms with Crippen LogP contribution < -0.4 is 15.0 Å². The number of likely N-dealkylation sites (N-methyl/N-ethyl adjacent to an activating group) is 1. The number of methoxy groups -OCH3 is 1. The Bertz CT molecular complexity index is 1930. The number of fused-ring (bicyclic) bond motifs is 3. The molecule has 6 heterocycles. The van der Waals surface area contributed by atoms with Crippen LogP contribution in [0.25, 0.3) is 32.9 Å². The first-order valence-electron chi connectivity index (χ1n) is 17.4. The maximum Gasteiger partial charge on any atom is 0.318 e. The summed E-state index contributed by atoms with van der Waals surface area (Å²) in [5.41, 5.74) is 0.334. The quantitative estimate of drug-likeness (QED) is 0.257. The number of hydrogen-bond acceptors (Lipinski definition) is 9. The highest BCUT2D eigenvalue weighted by Gasteiger charge is 2.35. The van der Waals surface area contributed by atoms with Crippen LogP contribution in [0.2, 0.25) is 5.02 Å². The number of likely N-dealkylation sites (tertiary alicyclic amines) is 1. The van der Waals surface area contributed by atoms with Crippen LogP contribution in [0.5, 0.6) is 6.01 Å². The number of pyridine rings is 1. The van der Waals surface area contributed by atoms with Crippen molar-refractivity contribution < 1.29 is 27.4 Å². The number of nitrogens with zero attached hydrogens (tertiary/aromatic N) is 6. The molecule has 10 nitrogen and oxygen atoms in total. The minimum Gasteiger partial charge on any atom is -0.467 e. The molecule has 4 atom stereocenters. The SMILES string of the molecule is COc1nc(N(C)C2CCN(C(=O)/C=C/C3CNCCO3)C2)c2cnc(-c3cccc4ccc(F)c(Cl)c34)c(F)c2n1.FC1CC2CCCN2C1. The van der Waals surface area contributed by atoms with Crippen LogP contribution in [0, 0.1) is 11.6 Å². The lowest BCUT2D eigenvalue weighted by Crippen LogP contribution is -2.38. The van der Waals surface area contributed by atoms with Gasteiger partial charge in [0.05, 0.1) is 30.2 Å². The van der Waals surface area contributed by atoms with Gasteiger partial charge >= 0.3 is 6.01 Å². The highest BCUT2D eigenvalue weighted by Crippen LogP contribution is 2.38. The molecule has 0 bridgehead atoms. The Morgan fingerprint density at radius 3 is 2.80 bits per heavy atom. The molecule has 4 aliphatic rings. The molecule has 14 heteroatoms. The van der Waals surface area contributed by atoms with Crippen molar-refractivity contribution in [2.45, 2.75) is 50.0 Å². The highest BCUT2D eigenvalue weighted by molar-refractivity contribution is 6.36. The van der Waals surface area contributed by atoms with E-state index in [-0.39, 0.29) is 40.3 Å². The normalized spacial score (nSPS) is 23.5. The van der Waals surface area contributed by atoms with Crippen molar-refractivity contribution in [3.63, 3.8) is 0 Å². The number of hydrogen-bond donors (Lipinski definition) is 1. The van der Waals surface area contributed by atoms with Crippen molar-refractivity contribution in [1.82, 2.24) is 30.1 Å². The molecule has 2 aromatic heterocycles. The fourth-order valence-electron chi connectivity index (χ4n) is 7.54. The van der Waals surface area contributed by atoms with Gasteiger partial charge in [0, 0.05) is 75.1 Å². The van der Waals surface area contributed by atoms with Gasteiger partial charge in [-0.25, -0.2) is 13.2 Å². The summed E-state index contributed by atoms with van der Waals surface area (Å²) < 4.78 is 54.2. The first-order chi connectivity index (χ1) is 24.7. The third kappa shape index (κ3) is 7.35. The first kappa shape index (κ1) is 35.4. The molecule has 1 amide bonds. The van der Waals surface area contributed by atoms with Crippen LogP contribution in [0.3, 0.4) is 0 Å². The van der Waals surface area contributed by atoms with Crippen LogP contribution in [0.4, 0.5) is 19.0 Å². The van der Waals surface area contributed by atoms with E-state index in [4.69, 9.17) is 21.1 Å². The molecule has 270 valence electrons. The number of halogens is 4. The van der Waals surface area contributed by atoms with E-state index >= 15 is 4.39 Å². The zero-order valence-corrected chi connectivity index (χ0v) is 29.4. The van der Waals surface area contributed by atoms with Gasteiger partial charge in [-0.05, 0) is 49.8 Å². The van der Waals surface area contributed by atoms with Gasteiger partial charge in [0.15, 0.2) is 5.82 Å². The van der Waals surface area contributed by atoms with Gasteiger partial charge in [-0.15, -0.1) is 0 Å². The molecule has 0 spiro atoms. The topological polar surface area (TPSA) is 96.0 Å². The number of aromatic nitrogens is 3. The highest BCUT2D eigenvalue weighted by atomic mass is 35.5. The predicted molar refractivity (Wildman–Crippen MR) is 191 cm³/mol. The van der Waals surface area contributed by atoms with E-state index in [2.05, 4.69) is 25.2 Å². The number of carbonyl (C=O) groups is 1. The zero-order chi connectivity index (χ0) is 35.6. The second-order valence-corrected chi connectivity index (χ2v) is 13.8. The average molecular weight is 724 g/mol.